The minimum absolute atomic E-state index is 0.582. The Hall–Kier alpha value is -4.30. The molecular weight excluding hydrogens is 492 g/mol. The molecule has 0 spiro atoms. The minimum Gasteiger partial charge on any atom is -0.351 e. The molecule has 4 heterocycles. The largest absolute Gasteiger partial charge is 0.351 e. The number of nitrogens with zero attached hydrogens (tertiary/aromatic N) is 6. The zero-order valence-corrected chi connectivity index (χ0v) is 22.2. The van der Waals surface area contributed by atoms with Crippen LogP contribution in [0.25, 0.3) is 33.1 Å². The Bertz CT molecular complexity index is 1850. The molecule has 0 radical (unpaired) electrons. The highest BCUT2D eigenvalue weighted by Crippen LogP contribution is 2.36. The van der Waals surface area contributed by atoms with Crippen LogP contribution in [0, 0.1) is 0 Å². The highest BCUT2D eigenvalue weighted by atomic mass is 32.2. The van der Waals surface area contributed by atoms with Gasteiger partial charge in [-0.05, 0) is 68.7 Å². The van der Waals surface area contributed by atoms with Gasteiger partial charge in [-0.1, -0.05) is 18.2 Å². The number of pyridine rings is 1. The molecular formula is C30H28N6OS. The van der Waals surface area contributed by atoms with Crippen LogP contribution in [0.5, 0.6) is 0 Å². The molecule has 0 saturated carbocycles. The van der Waals surface area contributed by atoms with Crippen molar-refractivity contribution < 1.29 is 4.21 Å². The molecule has 7 nitrogen and oxygen atoms in total. The van der Waals surface area contributed by atoms with E-state index < -0.39 is 9.52 Å². The van der Waals surface area contributed by atoms with Crippen molar-refractivity contribution in [1.29, 1.82) is 0 Å². The van der Waals surface area contributed by atoms with E-state index in [1.165, 1.54) is 5.39 Å². The lowest BCUT2D eigenvalue weighted by molar-refractivity contribution is 0.684. The van der Waals surface area contributed by atoms with Crippen molar-refractivity contribution in [2.24, 2.45) is 12.0 Å². The van der Waals surface area contributed by atoms with E-state index in [4.69, 9.17) is 4.98 Å². The maximum atomic E-state index is 12.8. The number of anilines is 2. The molecule has 6 rings (SSSR count). The smallest absolute Gasteiger partial charge is 0.0966 e. The van der Waals surface area contributed by atoms with E-state index in [2.05, 4.69) is 80.0 Å². The van der Waals surface area contributed by atoms with Gasteiger partial charge in [0.1, 0.15) is 0 Å². The quantitative estimate of drug-likeness (QED) is 0.279. The number of benzene rings is 2. The Balaban J connectivity index is 1.56. The molecule has 3 aromatic heterocycles. The van der Waals surface area contributed by atoms with Gasteiger partial charge in [0.05, 0.1) is 27.8 Å². The van der Waals surface area contributed by atoms with Gasteiger partial charge in [0.2, 0.25) is 0 Å². The van der Waals surface area contributed by atoms with Crippen molar-refractivity contribution >= 4 is 54.9 Å². The molecule has 1 aliphatic heterocycles. The number of aryl methyl sites for hydroxylation is 1. The summed E-state index contributed by atoms with van der Waals surface area (Å²) in [5, 5.41) is 1.19. The molecule has 0 amide bonds. The fraction of sp³-hybridized carbons (Fsp3) is 0.167. The van der Waals surface area contributed by atoms with Crippen LogP contribution in [0.3, 0.4) is 0 Å². The van der Waals surface area contributed by atoms with Crippen molar-refractivity contribution in [3.8, 4) is 11.1 Å². The van der Waals surface area contributed by atoms with Gasteiger partial charge in [-0.3, -0.25) is 24.2 Å². The average molecular weight is 521 g/mol. The fourth-order valence-electron chi connectivity index (χ4n) is 4.84. The standard InChI is InChI=1S/C30H28N6OS/c1-35-12-8-22-6-7-23(13-29(22)35)27-15-24(16-28-30(27)34-11-10-33-28)36(20-21-5-4-9-31-17-21)25-14-26(19-32-18-25)38(2,3)37/h5-8,10-19H,2,4,9,20H2,1,3H3. The van der Waals surface area contributed by atoms with E-state index in [1.54, 1.807) is 31.0 Å². The summed E-state index contributed by atoms with van der Waals surface area (Å²) in [6.07, 6.45) is 15.6. The first-order valence-electron chi connectivity index (χ1n) is 12.4. The summed E-state index contributed by atoms with van der Waals surface area (Å²) >= 11 is 0. The highest BCUT2D eigenvalue weighted by molar-refractivity contribution is 7.99. The van der Waals surface area contributed by atoms with Gasteiger partial charge in [-0.2, -0.15) is 0 Å². The van der Waals surface area contributed by atoms with Crippen molar-refractivity contribution in [3.05, 3.63) is 85.1 Å². The lowest BCUT2D eigenvalue weighted by atomic mass is 10.0. The predicted molar refractivity (Wildman–Crippen MR) is 158 cm³/mol. The topological polar surface area (TPSA) is 76.3 Å². The Morgan fingerprint density at radius 1 is 1.05 bits per heavy atom. The average Bonchev–Trinajstić information content (AvgIpc) is 3.31. The van der Waals surface area contributed by atoms with Crippen molar-refractivity contribution in [2.75, 3.05) is 24.2 Å². The maximum Gasteiger partial charge on any atom is 0.0966 e. The molecule has 2 aromatic carbocycles. The van der Waals surface area contributed by atoms with E-state index in [0.717, 1.165) is 57.6 Å². The van der Waals surface area contributed by atoms with Crippen LogP contribution in [-0.4, -0.2) is 55.2 Å². The third-order valence-corrected chi connectivity index (χ3v) is 8.06. The Kier molecular flexibility index (Phi) is 6.04. The van der Waals surface area contributed by atoms with Gasteiger partial charge in [0.25, 0.3) is 0 Å². The van der Waals surface area contributed by atoms with Crippen molar-refractivity contribution in [2.45, 2.75) is 11.3 Å². The van der Waals surface area contributed by atoms with Crippen molar-refractivity contribution in [3.63, 3.8) is 0 Å². The number of aliphatic imine (C=N–C) groups is 1. The summed E-state index contributed by atoms with van der Waals surface area (Å²) in [7, 11) is -0.383. The van der Waals surface area contributed by atoms with Crippen LogP contribution in [0.1, 0.15) is 6.42 Å². The van der Waals surface area contributed by atoms with Crippen molar-refractivity contribution in [1.82, 2.24) is 19.5 Å². The highest BCUT2D eigenvalue weighted by Gasteiger charge is 2.18. The zero-order valence-electron chi connectivity index (χ0n) is 21.4. The Labute approximate surface area is 222 Å². The first kappa shape index (κ1) is 24.1. The molecule has 0 aliphatic carbocycles. The van der Waals surface area contributed by atoms with Gasteiger partial charge < -0.3 is 9.47 Å². The van der Waals surface area contributed by atoms with Gasteiger partial charge in [0.15, 0.2) is 0 Å². The van der Waals surface area contributed by atoms with E-state index >= 15 is 0 Å². The zero-order chi connectivity index (χ0) is 26.3. The summed E-state index contributed by atoms with van der Waals surface area (Å²) in [5.74, 6) is 3.87. The normalized spacial score (nSPS) is 14.9. The van der Waals surface area contributed by atoms with E-state index in [1.807, 2.05) is 18.3 Å². The monoisotopic (exact) mass is 520 g/mol. The molecule has 5 aromatic rings. The second kappa shape index (κ2) is 9.54. The van der Waals surface area contributed by atoms with Gasteiger partial charge >= 0.3 is 0 Å². The molecule has 8 heteroatoms. The molecule has 0 N–H and O–H groups in total. The number of hydrogen-bond donors (Lipinski definition) is 0. The lowest BCUT2D eigenvalue weighted by Gasteiger charge is -2.27. The summed E-state index contributed by atoms with van der Waals surface area (Å²) in [6.45, 7) is 1.38. The van der Waals surface area contributed by atoms with Gasteiger partial charge in [-0.25, -0.2) is 0 Å². The second-order valence-corrected chi connectivity index (χ2v) is 12.2. The van der Waals surface area contributed by atoms with Crippen LogP contribution in [-0.2, 0) is 16.6 Å². The molecule has 0 fully saturated rings. The first-order chi connectivity index (χ1) is 18.4. The fourth-order valence-corrected chi connectivity index (χ4v) is 5.49. The van der Waals surface area contributed by atoms with Crippen LogP contribution in [0.15, 0.2) is 95.0 Å². The molecule has 1 unspecified atom stereocenters. The summed E-state index contributed by atoms with van der Waals surface area (Å²) in [4.78, 5) is 21.1. The summed E-state index contributed by atoms with van der Waals surface area (Å²) < 4.78 is 14.9. The number of rotatable bonds is 6. The summed E-state index contributed by atoms with van der Waals surface area (Å²) in [5.41, 5.74) is 7.71. The molecule has 38 heavy (non-hydrogen) atoms. The van der Waals surface area contributed by atoms with Gasteiger partial charge in [0, 0.05) is 74.2 Å². The first-order valence-corrected chi connectivity index (χ1v) is 14.5. The van der Waals surface area contributed by atoms with Crippen LogP contribution < -0.4 is 4.90 Å². The molecule has 1 atom stereocenters. The molecule has 190 valence electrons. The summed E-state index contributed by atoms with van der Waals surface area (Å²) in [6, 6.07) is 14.7. The number of fused-ring (bicyclic) bond motifs is 2. The number of aromatic nitrogens is 4. The van der Waals surface area contributed by atoms with Crippen LogP contribution >= 0.6 is 0 Å². The second-order valence-electron chi connectivity index (χ2n) is 9.69. The Morgan fingerprint density at radius 3 is 2.74 bits per heavy atom. The number of dihydropyridines is 1. The minimum atomic E-state index is -2.43. The van der Waals surface area contributed by atoms with E-state index in [-0.39, 0.29) is 0 Å². The third kappa shape index (κ3) is 4.59. The number of hydrogen-bond acceptors (Lipinski definition) is 6. The molecule has 0 saturated heterocycles. The SMILES string of the molecule is C=S(C)(=O)c1cncc(N(CC2=CCCN=C2)c2cc(-c3ccc4ccn(C)c4c3)c3nccnc3c2)c1. The van der Waals surface area contributed by atoms with Gasteiger partial charge in [-0.15, -0.1) is 0 Å². The van der Waals surface area contributed by atoms with E-state index in [9.17, 15) is 4.21 Å². The van der Waals surface area contributed by atoms with E-state index in [0.29, 0.717) is 11.4 Å². The maximum absolute atomic E-state index is 12.8. The predicted octanol–water partition coefficient (Wildman–Crippen LogP) is 5.43. The Morgan fingerprint density at radius 2 is 1.92 bits per heavy atom. The third-order valence-electron chi connectivity index (χ3n) is 6.84. The van der Waals surface area contributed by atoms with Crippen LogP contribution in [0.2, 0.25) is 0 Å². The molecule has 1 aliphatic rings. The lowest BCUT2D eigenvalue weighted by Crippen LogP contribution is -2.22. The van der Waals surface area contributed by atoms with Crippen LogP contribution in [0.4, 0.5) is 11.4 Å². The molecule has 0 bridgehead atoms.